The summed E-state index contributed by atoms with van der Waals surface area (Å²) in [5.41, 5.74) is 1.02. The van der Waals surface area contributed by atoms with Gasteiger partial charge in [-0.05, 0) is 65.4 Å². The van der Waals surface area contributed by atoms with Crippen molar-refractivity contribution in [3.05, 3.63) is 71.0 Å². The Morgan fingerprint density at radius 2 is 1.86 bits per heavy atom. The molecule has 14 heteroatoms. The third kappa shape index (κ3) is 7.63. The van der Waals surface area contributed by atoms with E-state index in [1.165, 1.54) is 47.4 Å². The fourth-order valence-corrected chi connectivity index (χ4v) is 3.21. The van der Waals surface area contributed by atoms with Crippen molar-refractivity contribution in [3.8, 4) is 5.69 Å². The molecule has 3 N–H and O–H groups in total. The predicted octanol–water partition coefficient (Wildman–Crippen LogP) is 3.49. The maximum atomic E-state index is 12.8. The summed E-state index contributed by atoms with van der Waals surface area (Å²) in [6.45, 7) is 0. The number of halogens is 4. The normalized spacial score (nSPS) is 12.3. The molecule has 1 heterocycles. The SMILES string of the molecule is O=C(C=Cc1cc(Cl)ccc1-n1cnnn1)NC(CCC(F)(F)F)C(=O)Nc1ccc(C(=O)O)cc1. The van der Waals surface area contributed by atoms with Gasteiger partial charge in [0.15, 0.2) is 0 Å². The average molecular weight is 523 g/mol. The molecule has 0 spiro atoms. The van der Waals surface area contributed by atoms with Crippen molar-refractivity contribution in [2.24, 2.45) is 0 Å². The lowest BCUT2D eigenvalue weighted by atomic mass is 10.1. The lowest BCUT2D eigenvalue weighted by molar-refractivity contribution is -0.139. The first kappa shape index (κ1) is 26.3. The second-order valence-electron chi connectivity index (χ2n) is 7.38. The Labute approximate surface area is 206 Å². The number of aromatic carboxylic acids is 1. The molecule has 0 saturated heterocycles. The molecule has 10 nitrogen and oxygen atoms in total. The fourth-order valence-electron chi connectivity index (χ4n) is 3.03. The number of nitrogens with one attached hydrogen (secondary N) is 2. The van der Waals surface area contributed by atoms with Gasteiger partial charge in [0.25, 0.3) is 0 Å². The third-order valence-electron chi connectivity index (χ3n) is 4.75. The molecular formula is C22H18ClF3N6O4. The van der Waals surface area contributed by atoms with Gasteiger partial charge in [0.2, 0.25) is 11.8 Å². The van der Waals surface area contributed by atoms with Crippen LogP contribution in [-0.4, -0.2) is 55.3 Å². The van der Waals surface area contributed by atoms with Crippen LogP contribution in [0, 0.1) is 0 Å². The molecule has 0 bridgehead atoms. The monoisotopic (exact) mass is 522 g/mol. The van der Waals surface area contributed by atoms with Gasteiger partial charge in [0.1, 0.15) is 12.4 Å². The summed E-state index contributed by atoms with van der Waals surface area (Å²) in [5.74, 6) is -2.92. The molecule has 188 valence electrons. The number of carboxylic acid groups (broad SMARTS) is 1. The van der Waals surface area contributed by atoms with Crippen LogP contribution in [0.15, 0.2) is 54.9 Å². The smallest absolute Gasteiger partial charge is 0.389 e. The highest BCUT2D eigenvalue weighted by Crippen LogP contribution is 2.23. The number of benzene rings is 2. The van der Waals surface area contributed by atoms with E-state index in [2.05, 4.69) is 26.2 Å². The van der Waals surface area contributed by atoms with E-state index in [1.807, 2.05) is 0 Å². The summed E-state index contributed by atoms with van der Waals surface area (Å²) in [6.07, 6.45) is -2.87. The molecule has 2 aromatic carbocycles. The summed E-state index contributed by atoms with van der Waals surface area (Å²) in [6, 6.07) is 8.18. The molecule has 0 aliphatic carbocycles. The molecule has 1 unspecified atom stereocenters. The number of aromatic nitrogens is 4. The van der Waals surface area contributed by atoms with Crippen LogP contribution in [0.25, 0.3) is 11.8 Å². The van der Waals surface area contributed by atoms with Crippen molar-refractivity contribution in [3.63, 3.8) is 0 Å². The lowest BCUT2D eigenvalue weighted by Crippen LogP contribution is -2.43. The molecule has 36 heavy (non-hydrogen) atoms. The highest BCUT2D eigenvalue weighted by Gasteiger charge is 2.31. The maximum absolute atomic E-state index is 12.8. The summed E-state index contributed by atoms with van der Waals surface area (Å²) in [4.78, 5) is 36.1. The molecular weight excluding hydrogens is 505 g/mol. The van der Waals surface area contributed by atoms with Crippen molar-refractivity contribution in [1.29, 1.82) is 0 Å². The highest BCUT2D eigenvalue weighted by atomic mass is 35.5. The van der Waals surface area contributed by atoms with E-state index in [4.69, 9.17) is 16.7 Å². The van der Waals surface area contributed by atoms with E-state index in [1.54, 1.807) is 12.1 Å². The lowest BCUT2D eigenvalue weighted by Gasteiger charge is -2.18. The summed E-state index contributed by atoms with van der Waals surface area (Å²) >= 11 is 6.02. The molecule has 1 aromatic heterocycles. The molecule has 0 saturated carbocycles. The minimum atomic E-state index is -4.55. The topological polar surface area (TPSA) is 139 Å². The summed E-state index contributed by atoms with van der Waals surface area (Å²) < 4.78 is 39.7. The van der Waals surface area contributed by atoms with Gasteiger partial charge in [0.05, 0.1) is 11.3 Å². The van der Waals surface area contributed by atoms with Gasteiger partial charge < -0.3 is 15.7 Å². The Bertz CT molecular complexity index is 1260. The van der Waals surface area contributed by atoms with Crippen molar-refractivity contribution in [2.75, 3.05) is 5.32 Å². The first-order valence-corrected chi connectivity index (χ1v) is 10.6. The van der Waals surface area contributed by atoms with E-state index >= 15 is 0 Å². The van der Waals surface area contributed by atoms with Gasteiger partial charge in [-0.3, -0.25) is 9.59 Å². The van der Waals surface area contributed by atoms with Gasteiger partial charge in [-0.15, -0.1) is 5.10 Å². The number of nitrogens with zero attached hydrogens (tertiary/aromatic N) is 4. The Kier molecular flexibility index (Phi) is 8.38. The van der Waals surface area contributed by atoms with Crippen LogP contribution in [0.3, 0.4) is 0 Å². The molecule has 0 aliphatic rings. The second-order valence-corrected chi connectivity index (χ2v) is 7.81. The third-order valence-corrected chi connectivity index (χ3v) is 4.98. The zero-order chi connectivity index (χ0) is 26.3. The predicted molar refractivity (Wildman–Crippen MR) is 122 cm³/mol. The van der Waals surface area contributed by atoms with E-state index < -0.39 is 42.8 Å². The van der Waals surface area contributed by atoms with Crippen molar-refractivity contribution in [2.45, 2.75) is 25.1 Å². The van der Waals surface area contributed by atoms with Gasteiger partial charge in [0, 0.05) is 28.8 Å². The van der Waals surface area contributed by atoms with Gasteiger partial charge in [-0.2, -0.15) is 17.9 Å². The van der Waals surface area contributed by atoms with Crippen LogP contribution in [0.2, 0.25) is 5.02 Å². The second kappa shape index (κ2) is 11.4. The van der Waals surface area contributed by atoms with Crippen molar-refractivity contribution in [1.82, 2.24) is 25.5 Å². The van der Waals surface area contributed by atoms with Crippen LogP contribution in [0.1, 0.15) is 28.8 Å². The van der Waals surface area contributed by atoms with Crippen molar-refractivity contribution < 1.29 is 32.7 Å². The van der Waals surface area contributed by atoms with Crippen LogP contribution in [0.5, 0.6) is 0 Å². The van der Waals surface area contributed by atoms with Crippen LogP contribution < -0.4 is 10.6 Å². The average Bonchev–Trinajstić information content (AvgIpc) is 3.35. The summed E-state index contributed by atoms with van der Waals surface area (Å²) in [5, 5.41) is 24.8. The van der Waals surface area contributed by atoms with E-state index in [0.29, 0.717) is 16.3 Å². The Balaban J connectivity index is 1.75. The van der Waals surface area contributed by atoms with E-state index in [9.17, 15) is 27.6 Å². The Morgan fingerprint density at radius 3 is 2.47 bits per heavy atom. The largest absolute Gasteiger partial charge is 0.478 e. The number of amides is 2. The van der Waals surface area contributed by atoms with Crippen LogP contribution in [0.4, 0.5) is 18.9 Å². The number of rotatable bonds is 9. The number of carboxylic acids is 1. The molecule has 2 amide bonds. The molecule has 3 rings (SSSR count). The molecule has 1 atom stereocenters. The standard InChI is InChI=1S/C22H18ClF3N6O4/c23-15-4-7-18(32-12-27-30-31-32)14(11-15)3-8-19(33)29-17(9-10-22(24,25)26)20(34)28-16-5-1-13(2-6-16)21(35)36/h1-8,11-12,17H,9-10H2,(H,28,34)(H,29,33)(H,35,36). The number of tetrazole rings is 1. The molecule has 0 radical (unpaired) electrons. The minimum Gasteiger partial charge on any atom is -0.478 e. The zero-order valence-electron chi connectivity index (χ0n) is 18.2. The fraction of sp³-hybridized carbons (Fsp3) is 0.182. The minimum absolute atomic E-state index is 0.0397. The maximum Gasteiger partial charge on any atom is 0.389 e. The number of hydrogen-bond acceptors (Lipinski definition) is 6. The summed E-state index contributed by atoms with van der Waals surface area (Å²) in [7, 11) is 0. The highest BCUT2D eigenvalue weighted by molar-refractivity contribution is 6.30. The first-order valence-electron chi connectivity index (χ1n) is 10.2. The van der Waals surface area contributed by atoms with Crippen LogP contribution >= 0.6 is 11.6 Å². The number of anilines is 1. The van der Waals surface area contributed by atoms with E-state index in [0.717, 1.165) is 6.08 Å². The number of carbonyl (C=O) groups is 3. The number of alkyl halides is 3. The number of hydrogen-bond donors (Lipinski definition) is 3. The molecule has 3 aromatic rings. The zero-order valence-corrected chi connectivity index (χ0v) is 19.0. The van der Waals surface area contributed by atoms with Crippen molar-refractivity contribution >= 4 is 41.1 Å². The van der Waals surface area contributed by atoms with Gasteiger partial charge in [-0.1, -0.05) is 11.6 Å². The van der Waals surface area contributed by atoms with Crippen LogP contribution in [-0.2, 0) is 9.59 Å². The van der Waals surface area contributed by atoms with E-state index in [-0.39, 0.29) is 11.3 Å². The quantitative estimate of drug-likeness (QED) is 0.365. The first-order chi connectivity index (χ1) is 17.0. The Hall–Kier alpha value is -4.26. The van der Waals surface area contributed by atoms with Gasteiger partial charge >= 0.3 is 12.1 Å². The number of carbonyl (C=O) groups excluding carboxylic acids is 2. The Morgan fingerprint density at radius 1 is 1.14 bits per heavy atom. The van der Waals surface area contributed by atoms with Gasteiger partial charge in [-0.25, -0.2) is 4.79 Å². The molecule has 0 aliphatic heterocycles. The molecule has 0 fully saturated rings.